The van der Waals surface area contributed by atoms with Crippen LogP contribution in [0.2, 0.25) is 0 Å². The summed E-state index contributed by atoms with van der Waals surface area (Å²) in [5.41, 5.74) is 0.263. The largest absolute Gasteiger partial charge is 0.467 e. The topological polar surface area (TPSA) is 70.8 Å². The molecule has 0 N–H and O–H groups in total. The third-order valence-electron chi connectivity index (χ3n) is 4.78. The highest BCUT2D eigenvalue weighted by molar-refractivity contribution is 6.23. The molecule has 1 saturated heterocycles. The number of anilines is 1. The molecule has 0 aliphatic carbocycles. The SMILES string of the molecule is O=C1CC(N(Cc2ccco2)C(=O)c2ccccc2F)C(=O)N1c1ccccc1. The zero-order chi connectivity index (χ0) is 20.4. The molecule has 1 aliphatic heterocycles. The van der Waals surface area contributed by atoms with Crippen LogP contribution in [0.25, 0.3) is 0 Å². The van der Waals surface area contributed by atoms with Crippen LogP contribution in [-0.2, 0) is 16.1 Å². The van der Waals surface area contributed by atoms with E-state index in [1.807, 2.05) is 0 Å². The summed E-state index contributed by atoms with van der Waals surface area (Å²) in [5, 5.41) is 0. The lowest BCUT2D eigenvalue weighted by Crippen LogP contribution is -2.45. The van der Waals surface area contributed by atoms with Crippen molar-refractivity contribution in [3.8, 4) is 0 Å². The van der Waals surface area contributed by atoms with Crippen LogP contribution in [0, 0.1) is 5.82 Å². The number of benzene rings is 2. The van der Waals surface area contributed by atoms with Crippen molar-refractivity contribution < 1.29 is 23.2 Å². The maximum atomic E-state index is 14.2. The first kappa shape index (κ1) is 18.6. The first-order valence-electron chi connectivity index (χ1n) is 9.06. The van der Waals surface area contributed by atoms with Crippen LogP contribution in [0.15, 0.2) is 77.4 Å². The van der Waals surface area contributed by atoms with E-state index in [9.17, 15) is 18.8 Å². The molecule has 1 aliphatic rings. The molecule has 3 amide bonds. The molecule has 0 radical (unpaired) electrons. The lowest BCUT2D eigenvalue weighted by Gasteiger charge is -2.27. The van der Waals surface area contributed by atoms with Gasteiger partial charge in [-0.1, -0.05) is 30.3 Å². The maximum Gasteiger partial charge on any atom is 0.257 e. The monoisotopic (exact) mass is 392 g/mol. The molecule has 0 bridgehead atoms. The minimum atomic E-state index is -1.06. The number of carbonyl (C=O) groups excluding carboxylic acids is 3. The van der Waals surface area contributed by atoms with E-state index in [4.69, 9.17) is 4.42 Å². The predicted molar refractivity (Wildman–Crippen MR) is 102 cm³/mol. The fourth-order valence-electron chi connectivity index (χ4n) is 3.39. The fraction of sp³-hybridized carbons (Fsp3) is 0.136. The van der Waals surface area contributed by atoms with Crippen LogP contribution < -0.4 is 4.90 Å². The van der Waals surface area contributed by atoms with Crippen LogP contribution in [0.3, 0.4) is 0 Å². The molecule has 4 rings (SSSR count). The summed E-state index contributed by atoms with van der Waals surface area (Å²) in [4.78, 5) is 41.1. The highest BCUT2D eigenvalue weighted by Gasteiger charge is 2.45. The van der Waals surface area contributed by atoms with E-state index in [0.717, 1.165) is 4.90 Å². The van der Waals surface area contributed by atoms with Crippen molar-refractivity contribution in [2.75, 3.05) is 4.90 Å². The molecule has 6 nitrogen and oxygen atoms in total. The second-order valence-electron chi connectivity index (χ2n) is 6.62. The average molecular weight is 392 g/mol. The van der Waals surface area contributed by atoms with Gasteiger partial charge in [0.2, 0.25) is 5.91 Å². The number of hydrogen-bond acceptors (Lipinski definition) is 4. The zero-order valence-corrected chi connectivity index (χ0v) is 15.3. The minimum absolute atomic E-state index is 0.0630. The third kappa shape index (κ3) is 3.54. The van der Waals surface area contributed by atoms with E-state index in [0.29, 0.717) is 11.4 Å². The highest BCUT2D eigenvalue weighted by Crippen LogP contribution is 2.28. The Kier molecular flexibility index (Phi) is 4.95. The Morgan fingerprint density at radius 2 is 1.76 bits per heavy atom. The van der Waals surface area contributed by atoms with Crippen LogP contribution in [-0.4, -0.2) is 28.7 Å². The number of imide groups is 1. The standard InChI is InChI=1S/C22H17FN2O4/c23-18-11-5-4-10-17(18)21(27)24(14-16-9-6-12-29-16)19-13-20(26)25(22(19)28)15-7-2-1-3-8-15/h1-12,19H,13-14H2. The van der Waals surface area contributed by atoms with Gasteiger partial charge in [-0.2, -0.15) is 0 Å². The second-order valence-corrected chi connectivity index (χ2v) is 6.62. The van der Waals surface area contributed by atoms with Gasteiger partial charge in [-0.25, -0.2) is 9.29 Å². The second kappa shape index (κ2) is 7.71. The van der Waals surface area contributed by atoms with Gasteiger partial charge in [0.1, 0.15) is 17.6 Å². The summed E-state index contributed by atoms with van der Waals surface area (Å²) in [7, 11) is 0. The number of rotatable bonds is 5. The van der Waals surface area contributed by atoms with E-state index < -0.39 is 29.6 Å². The van der Waals surface area contributed by atoms with Crippen molar-refractivity contribution in [3.63, 3.8) is 0 Å². The van der Waals surface area contributed by atoms with Crippen LogP contribution in [0.5, 0.6) is 0 Å². The number of carbonyl (C=O) groups is 3. The first-order chi connectivity index (χ1) is 14.1. The van der Waals surface area contributed by atoms with Gasteiger partial charge >= 0.3 is 0 Å². The Hall–Kier alpha value is -3.74. The molecule has 146 valence electrons. The van der Waals surface area contributed by atoms with E-state index >= 15 is 0 Å². The lowest BCUT2D eigenvalue weighted by atomic mass is 10.1. The summed E-state index contributed by atoms with van der Waals surface area (Å²) in [5.74, 6) is -1.90. The Morgan fingerprint density at radius 3 is 2.45 bits per heavy atom. The van der Waals surface area contributed by atoms with Crippen molar-refractivity contribution >= 4 is 23.4 Å². The lowest BCUT2D eigenvalue weighted by molar-refractivity contribution is -0.122. The van der Waals surface area contributed by atoms with Gasteiger partial charge in [-0.15, -0.1) is 0 Å². The summed E-state index contributed by atoms with van der Waals surface area (Å²) in [6.07, 6.45) is 1.26. The van der Waals surface area contributed by atoms with Crippen LogP contribution >= 0.6 is 0 Å². The van der Waals surface area contributed by atoms with E-state index in [1.54, 1.807) is 48.5 Å². The number of halogens is 1. The van der Waals surface area contributed by atoms with Crippen molar-refractivity contribution in [3.05, 3.63) is 90.1 Å². The molecule has 29 heavy (non-hydrogen) atoms. The number of furan rings is 1. The number of para-hydroxylation sites is 1. The molecule has 1 atom stereocenters. The molecular weight excluding hydrogens is 375 g/mol. The third-order valence-corrected chi connectivity index (χ3v) is 4.78. The molecular formula is C22H17FN2O4. The Labute approximate surface area is 166 Å². The summed E-state index contributed by atoms with van der Waals surface area (Å²) in [6.45, 7) is -0.0630. The maximum absolute atomic E-state index is 14.2. The van der Waals surface area contributed by atoms with Gasteiger partial charge in [0.05, 0.1) is 30.5 Å². The van der Waals surface area contributed by atoms with Crippen molar-refractivity contribution in [2.45, 2.75) is 19.0 Å². The first-order valence-corrected chi connectivity index (χ1v) is 9.06. The Bertz CT molecular complexity index is 1050. The van der Waals surface area contributed by atoms with Gasteiger partial charge in [0, 0.05) is 0 Å². The van der Waals surface area contributed by atoms with Crippen molar-refractivity contribution in [1.29, 1.82) is 0 Å². The Morgan fingerprint density at radius 1 is 1.03 bits per heavy atom. The Balaban J connectivity index is 1.70. The van der Waals surface area contributed by atoms with Gasteiger partial charge in [-0.3, -0.25) is 14.4 Å². The predicted octanol–water partition coefficient (Wildman–Crippen LogP) is 3.39. The van der Waals surface area contributed by atoms with Gasteiger partial charge in [0.25, 0.3) is 11.8 Å². The van der Waals surface area contributed by atoms with E-state index in [2.05, 4.69) is 0 Å². The highest BCUT2D eigenvalue weighted by atomic mass is 19.1. The molecule has 2 heterocycles. The van der Waals surface area contributed by atoms with Crippen molar-refractivity contribution in [2.24, 2.45) is 0 Å². The smallest absolute Gasteiger partial charge is 0.257 e. The summed E-state index contributed by atoms with van der Waals surface area (Å²) >= 11 is 0. The molecule has 1 unspecified atom stereocenters. The molecule has 0 spiro atoms. The number of amides is 3. The van der Waals surface area contributed by atoms with Crippen molar-refractivity contribution in [1.82, 2.24) is 4.90 Å². The zero-order valence-electron chi connectivity index (χ0n) is 15.3. The van der Waals surface area contributed by atoms with E-state index in [1.165, 1.54) is 29.4 Å². The number of nitrogens with zero attached hydrogens (tertiary/aromatic N) is 2. The van der Waals surface area contributed by atoms with Gasteiger partial charge < -0.3 is 9.32 Å². The molecule has 3 aromatic rings. The quantitative estimate of drug-likeness (QED) is 0.624. The molecule has 2 aromatic carbocycles. The van der Waals surface area contributed by atoms with Gasteiger partial charge in [0.15, 0.2) is 0 Å². The summed E-state index contributed by atoms with van der Waals surface area (Å²) in [6, 6.07) is 16.3. The van der Waals surface area contributed by atoms with Gasteiger partial charge in [-0.05, 0) is 36.4 Å². The minimum Gasteiger partial charge on any atom is -0.467 e. The molecule has 0 saturated carbocycles. The normalized spacial score (nSPS) is 16.3. The molecule has 1 aromatic heterocycles. The summed E-state index contributed by atoms with van der Waals surface area (Å²) < 4.78 is 19.6. The number of hydrogen-bond donors (Lipinski definition) is 0. The molecule has 1 fully saturated rings. The van der Waals surface area contributed by atoms with E-state index in [-0.39, 0.29) is 18.5 Å². The van der Waals surface area contributed by atoms with Crippen LogP contribution in [0.1, 0.15) is 22.5 Å². The fourth-order valence-corrected chi connectivity index (χ4v) is 3.39. The average Bonchev–Trinajstić information content (AvgIpc) is 3.34. The van der Waals surface area contributed by atoms with Crippen LogP contribution in [0.4, 0.5) is 10.1 Å². The molecule has 7 heteroatoms.